The number of carbonyl (C=O) groups is 1. The maximum atomic E-state index is 12.1. The van der Waals surface area contributed by atoms with Crippen LogP contribution in [0.5, 0.6) is 17.2 Å². The normalized spacial score (nSPS) is 17.5. The standard InChI is InChI=1S/C12H13NO4/c1-2-13-7-17-9-6-11-10(15-3-4-16-11)5-8(9)12(13)14/h5-6H,2-4,7H2,1H3. The van der Waals surface area contributed by atoms with Crippen LogP contribution in [-0.2, 0) is 0 Å². The van der Waals surface area contributed by atoms with Crippen LogP contribution in [0.2, 0.25) is 0 Å². The number of benzene rings is 1. The lowest BCUT2D eigenvalue weighted by Crippen LogP contribution is -2.38. The van der Waals surface area contributed by atoms with E-state index in [9.17, 15) is 4.79 Å². The van der Waals surface area contributed by atoms with Gasteiger partial charge in [-0.15, -0.1) is 0 Å². The first-order valence-electron chi connectivity index (χ1n) is 5.65. The van der Waals surface area contributed by atoms with E-state index in [-0.39, 0.29) is 5.91 Å². The number of nitrogens with zero attached hydrogens (tertiary/aromatic N) is 1. The largest absolute Gasteiger partial charge is 0.486 e. The van der Waals surface area contributed by atoms with Gasteiger partial charge in [-0.25, -0.2) is 0 Å². The van der Waals surface area contributed by atoms with E-state index in [2.05, 4.69) is 0 Å². The summed E-state index contributed by atoms with van der Waals surface area (Å²) in [5, 5.41) is 0. The molecule has 0 aliphatic carbocycles. The van der Waals surface area contributed by atoms with E-state index in [0.717, 1.165) is 0 Å². The second kappa shape index (κ2) is 3.84. The average Bonchev–Trinajstić information content (AvgIpc) is 2.37. The highest BCUT2D eigenvalue weighted by molar-refractivity contribution is 5.98. The van der Waals surface area contributed by atoms with Gasteiger partial charge in [-0.1, -0.05) is 0 Å². The van der Waals surface area contributed by atoms with Crippen molar-refractivity contribution in [2.75, 3.05) is 26.5 Å². The van der Waals surface area contributed by atoms with Crippen molar-refractivity contribution in [3.05, 3.63) is 17.7 Å². The van der Waals surface area contributed by atoms with Crippen molar-refractivity contribution in [1.82, 2.24) is 4.90 Å². The molecule has 0 fully saturated rings. The van der Waals surface area contributed by atoms with E-state index in [1.807, 2.05) is 6.92 Å². The number of fused-ring (bicyclic) bond motifs is 2. The van der Waals surface area contributed by atoms with Crippen molar-refractivity contribution in [3.8, 4) is 17.2 Å². The molecular formula is C12H13NO4. The third-order valence-electron chi connectivity index (χ3n) is 2.92. The summed E-state index contributed by atoms with van der Waals surface area (Å²) in [6.07, 6.45) is 0. The number of hydrogen-bond acceptors (Lipinski definition) is 4. The Balaban J connectivity index is 2.04. The number of amides is 1. The topological polar surface area (TPSA) is 48.0 Å². The molecule has 1 amide bonds. The van der Waals surface area contributed by atoms with Crippen molar-refractivity contribution >= 4 is 5.91 Å². The molecule has 0 unspecified atom stereocenters. The quantitative estimate of drug-likeness (QED) is 0.735. The van der Waals surface area contributed by atoms with Crippen LogP contribution in [0, 0.1) is 0 Å². The minimum Gasteiger partial charge on any atom is -0.486 e. The molecule has 2 aliphatic heterocycles. The molecule has 0 radical (unpaired) electrons. The molecule has 0 saturated heterocycles. The first-order chi connectivity index (χ1) is 8.29. The molecular weight excluding hydrogens is 222 g/mol. The van der Waals surface area contributed by atoms with E-state index in [4.69, 9.17) is 14.2 Å². The van der Waals surface area contributed by atoms with Gasteiger partial charge in [0.05, 0.1) is 5.56 Å². The van der Waals surface area contributed by atoms with Gasteiger partial charge in [0.15, 0.2) is 18.2 Å². The molecule has 0 atom stereocenters. The second-order valence-electron chi connectivity index (χ2n) is 3.93. The summed E-state index contributed by atoms with van der Waals surface area (Å²) >= 11 is 0. The minimum atomic E-state index is -0.0225. The van der Waals surface area contributed by atoms with Gasteiger partial charge in [-0.2, -0.15) is 0 Å². The van der Waals surface area contributed by atoms with Crippen LogP contribution in [0.1, 0.15) is 17.3 Å². The van der Waals surface area contributed by atoms with E-state index >= 15 is 0 Å². The number of hydrogen-bond donors (Lipinski definition) is 0. The molecule has 2 aliphatic rings. The Morgan fingerprint density at radius 2 is 1.82 bits per heavy atom. The average molecular weight is 235 g/mol. The minimum absolute atomic E-state index is 0.0225. The first kappa shape index (κ1) is 10.3. The number of ether oxygens (including phenoxy) is 3. The van der Waals surface area contributed by atoms with Gasteiger partial charge in [-0.05, 0) is 6.92 Å². The maximum Gasteiger partial charge on any atom is 0.260 e. The number of rotatable bonds is 1. The van der Waals surface area contributed by atoms with Crippen molar-refractivity contribution in [1.29, 1.82) is 0 Å². The molecule has 1 aromatic carbocycles. The summed E-state index contributed by atoms with van der Waals surface area (Å²) in [5.74, 6) is 1.81. The first-order valence-corrected chi connectivity index (χ1v) is 5.65. The summed E-state index contributed by atoms with van der Waals surface area (Å²) in [6.45, 7) is 3.89. The highest BCUT2D eigenvalue weighted by Crippen LogP contribution is 2.38. The molecule has 0 bridgehead atoms. The van der Waals surface area contributed by atoms with Gasteiger partial charge < -0.3 is 19.1 Å². The molecule has 17 heavy (non-hydrogen) atoms. The zero-order valence-corrected chi connectivity index (χ0v) is 9.56. The molecule has 2 heterocycles. The fraction of sp³-hybridized carbons (Fsp3) is 0.417. The van der Waals surface area contributed by atoms with E-state index < -0.39 is 0 Å². The zero-order chi connectivity index (χ0) is 11.8. The third-order valence-corrected chi connectivity index (χ3v) is 2.92. The fourth-order valence-corrected chi connectivity index (χ4v) is 1.97. The highest BCUT2D eigenvalue weighted by Gasteiger charge is 2.27. The zero-order valence-electron chi connectivity index (χ0n) is 9.56. The lowest BCUT2D eigenvalue weighted by atomic mass is 10.1. The molecule has 90 valence electrons. The van der Waals surface area contributed by atoms with Crippen molar-refractivity contribution < 1.29 is 19.0 Å². The summed E-state index contributed by atoms with van der Waals surface area (Å²) < 4.78 is 16.4. The van der Waals surface area contributed by atoms with Crippen LogP contribution in [0.15, 0.2) is 12.1 Å². The lowest BCUT2D eigenvalue weighted by Gasteiger charge is -2.29. The van der Waals surface area contributed by atoms with Crippen LogP contribution in [-0.4, -0.2) is 37.3 Å². The summed E-state index contributed by atoms with van der Waals surface area (Å²) in [5.41, 5.74) is 0.544. The molecule has 0 aromatic heterocycles. The molecule has 5 nitrogen and oxygen atoms in total. The predicted molar refractivity (Wildman–Crippen MR) is 59.6 cm³/mol. The molecule has 0 spiro atoms. The molecule has 0 N–H and O–H groups in total. The Hall–Kier alpha value is -1.91. The van der Waals surface area contributed by atoms with Crippen LogP contribution < -0.4 is 14.2 Å². The van der Waals surface area contributed by atoms with Gasteiger partial charge in [0.1, 0.15) is 19.0 Å². The van der Waals surface area contributed by atoms with Gasteiger partial charge in [0, 0.05) is 18.7 Å². The molecule has 5 heteroatoms. The molecule has 1 aromatic rings. The second-order valence-corrected chi connectivity index (χ2v) is 3.93. The van der Waals surface area contributed by atoms with Gasteiger partial charge >= 0.3 is 0 Å². The third kappa shape index (κ3) is 1.58. The van der Waals surface area contributed by atoms with Gasteiger partial charge in [0.25, 0.3) is 5.91 Å². The summed E-state index contributed by atoms with van der Waals surface area (Å²) in [7, 11) is 0. The maximum absolute atomic E-state index is 12.1. The smallest absolute Gasteiger partial charge is 0.260 e. The van der Waals surface area contributed by atoms with Gasteiger partial charge in [0.2, 0.25) is 0 Å². The van der Waals surface area contributed by atoms with Crippen molar-refractivity contribution in [3.63, 3.8) is 0 Å². The van der Waals surface area contributed by atoms with Crippen molar-refractivity contribution in [2.24, 2.45) is 0 Å². The monoisotopic (exact) mass is 235 g/mol. The number of carbonyl (C=O) groups excluding carboxylic acids is 1. The fourth-order valence-electron chi connectivity index (χ4n) is 1.97. The Morgan fingerprint density at radius 3 is 2.53 bits per heavy atom. The lowest BCUT2D eigenvalue weighted by molar-refractivity contribution is 0.0534. The Bertz CT molecular complexity index is 472. The van der Waals surface area contributed by atoms with E-state index in [1.54, 1.807) is 17.0 Å². The summed E-state index contributed by atoms with van der Waals surface area (Å²) in [6, 6.07) is 3.43. The van der Waals surface area contributed by atoms with Crippen LogP contribution in [0.4, 0.5) is 0 Å². The highest BCUT2D eigenvalue weighted by atomic mass is 16.6. The molecule has 3 rings (SSSR count). The SMILES string of the molecule is CCN1COc2cc3c(cc2C1=O)OCCO3. The van der Waals surface area contributed by atoms with Crippen LogP contribution in [0.25, 0.3) is 0 Å². The van der Waals surface area contributed by atoms with E-state index in [1.165, 1.54) is 0 Å². The molecule has 0 saturated carbocycles. The summed E-state index contributed by atoms with van der Waals surface area (Å²) in [4.78, 5) is 13.7. The Labute approximate surface area is 98.9 Å². The van der Waals surface area contributed by atoms with E-state index in [0.29, 0.717) is 49.3 Å². The Kier molecular flexibility index (Phi) is 2.31. The van der Waals surface area contributed by atoms with Crippen LogP contribution >= 0.6 is 0 Å². The van der Waals surface area contributed by atoms with Crippen LogP contribution in [0.3, 0.4) is 0 Å². The van der Waals surface area contributed by atoms with Gasteiger partial charge in [-0.3, -0.25) is 4.79 Å². The van der Waals surface area contributed by atoms with Crippen molar-refractivity contribution in [2.45, 2.75) is 6.92 Å². The Morgan fingerprint density at radius 1 is 1.12 bits per heavy atom. The predicted octanol–water partition coefficient (Wildman–Crippen LogP) is 1.27.